The first-order valence-electron chi connectivity index (χ1n) is 6.83. The fraction of sp³-hybridized carbons (Fsp3) is 0.250. The van der Waals surface area contributed by atoms with E-state index in [4.69, 9.17) is 0 Å². The van der Waals surface area contributed by atoms with Crippen molar-refractivity contribution in [1.29, 1.82) is 0 Å². The lowest BCUT2D eigenvalue weighted by Crippen LogP contribution is -2.11. The van der Waals surface area contributed by atoms with Crippen LogP contribution in [-0.4, -0.2) is 15.5 Å². The van der Waals surface area contributed by atoms with Gasteiger partial charge in [0, 0.05) is 28.5 Å². The van der Waals surface area contributed by atoms with E-state index in [1.165, 1.54) is 28.0 Å². The minimum absolute atomic E-state index is 0.0677. The zero-order valence-corrected chi connectivity index (χ0v) is 13.1. The maximum atomic E-state index is 13.1. The van der Waals surface area contributed by atoms with Crippen molar-refractivity contribution in [3.8, 4) is 0 Å². The second-order valence-electron chi connectivity index (χ2n) is 4.37. The first kappa shape index (κ1) is 15.4. The van der Waals surface area contributed by atoms with E-state index in [9.17, 15) is 9.18 Å². The first-order chi connectivity index (χ1) is 10.1. The highest BCUT2D eigenvalue weighted by Crippen LogP contribution is 2.17. The fourth-order valence-electron chi connectivity index (χ4n) is 1.99. The molecule has 0 unspecified atom stereocenters. The van der Waals surface area contributed by atoms with Gasteiger partial charge in [-0.3, -0.25) is 9.36 Å². The van der Waals surface area contributed by atoms with E-state index in [0.717, 1.165) is 21.5 Å². The van der Waals surface area contributed by atoms with Gasteiger partial charge in [-0.1, -0.05) is 13.8 Å². The summed E-state index contributed by atoms with van der Waals surface area (Å²) in [4.78, 5) is 16.4. The van der Waals surface area contributed by atoms with Crippen molar-refractivity contribution < 1.29 is 9.18 Å². The molecule has 0 saturated carbocycles. The molecule has 0 atom stereocenters. The van der Waals surface area contributed by atoms with E-state index in [1.54, 1.807) is 18.5 Å². The average Bonchev–Trinajstić information content (AvgIpc) is 3.06. The van der Waals surface area contributed by atoms with Gasteiger partial charge in [-0.2, -0.15) is 0 Å². The molecule has 0 N–H and O–H groups in total. The molecule has 2 heterocycles. The van der Waals surface area contributed by atoms with Gasteiger partial charge in [0.05, 0.1) is 17.1 Å². The van der Waals surface area contributed by atoms with E-state index in [-0.39, 0.29) is 18.1 Å². The van der Waals surface area contributed by atoms with Crippen molar-refractivity contribution in [2.24, 2.45) is 0 Å². The predicted molar refractivity (Wildman–Crippen MR) is 84.4 cm³/mol. The minimum atomic E-state index is -0.298. The Bertz CT molecular complexity index is 761. The Labute approximate surface area is 127 Å². The van der Waals surface area contributed by atoms with Crippen LogP contribution in [0.5, 0.6) is 0 Å². The molecule has 0 saturated heterocycles. The Kier molecular flexibility index (Phi) is 4.85. The van der Waals surface area contributed by atoms with E-state index < -0.39 is 0 Å². The molecule has 0 fully saturated rings. The van der Waals surface area contributed by atoms with E-state index >= 15 is 0 Å². The van der Waals surface area contributed by atoms with Crippen molar-refractivity contribution in [2.45, 2.75) is 27.2 Å². The van der Waals surface area contributed by atoms with Gasteiger partial charge in [0.2, 0.25) is 5.91 Å². The highest BCUT2D eigenvalue weighted by atomic mass is 32.1. The summed E-state index contributed by atoms with van der Waals surface area (Å²) >= 11 is 1.53. The summed E-state index contributed by atoms with van der Waals surface area (Å²) in [7, 11) is 0. The third-order valence-electron chi connectivity index (χ3n) is 2.89. The van der Waals surface area contributed by atoms with E-state index in [1.807, 2.05) is 26.2 Å². The van der Waals surface area contributed by atoms with Crippen LogP contribution in [0, 0.1) is 12.7 Å². The molecule has 0 amide bonds. The third-order valence-corrected chi connectivity index (χ3v) is 3.71. The summed E-state index contributed by atoms with van der Waals surface area (Å²) in [6.07, 6.45) is 3.63. The molecule has 1 aromatic carbocycles. The monoisotopic (exact) mass is 304 g/mol. The Morgan fingerprint density at radius 3 is 2.67 bits per heavy atom. The van der Waals surface area contributed by atoms with Crippen LogP contribution in [0.2, 0.25) is 0 Å². The van der Waals surface area contributed by atoms with Gasteiger partial charge in [-0.05, 0) is 25.1 Å². The Hall–Kier alpha value is -2.01. The van der Waals surface area contributed by atoms with Crippen molar-refractivity contribution >= 4 is 28.0 Å². The summed E-state index contributed by atoms with van der Waals surface area (Å²) < 4.78 is 14.6. The van der Waals surface area contributed by atoms with Gasteiger partial charge < -0.3 is 0 Å². The number of hydrogen-bond acceptors (Lipinski definition) is 3. The molecule has 0 bridgehead atoms. The summed E-state index contributed by atoms with van der Waals surface area (Å²) in [6.45, 7) is 5.91. The topological polar surface area (TPSA) is 34.9 Å². The number of carbonyl (C=O) groups excluding carboxylic acids is 1. The lowest BCUT2D eigenvalue weighted by Gasteiger charge is -1.98. The van der Waals surface area contributed by atoms with Crippen molar-refractivity contribution in [3.63, 3.8) is 0 Å². The second-order valence-corrected chi connectivity index (χ2v) is 5.43. The number of nitrogens with zero attached hydrogens (tertiary/aromatic N) is 2. The van der Waals surface area contributed by atoms with Crippen LogP contribution >= 0.6 is 11.3 Å². The smallest absolute Gasteiger partial charge is 0.236 e. The van der Waals surface area contributed by atoms with Crippen LogP contribution in [0.25, 0.3) is 10.8 Å². The lowest BCUT2D eigenvalue weighted by molar-refractivity contribution is 0.0914. The number of thiazole rings is 1. The first-order valence-corrected chi connectivity index (χ1v) is 7.71. The summed E-state index contributed by atoms with van der Waals surface area (Å²) in [5.41, 5.74) is 0.774. The number of hydrogen-bond donors (Lipinski definition) is 0. The maximum Gasteiger partial charge on any atom is 0.236 e. The van der Waals surface area contributed by atoms with Crippen LogP contribution in [0.15, 0.2) is 36.0 Å². The summed E-state index contributed by atoms with van der Waals surface area (Å²) in [5, 5.41) is 4.41. The van der Waals surface area contributed by atoms with Gasteiger partial charge in [0.15, 0.2) is 0 Å². The average molecular weight is 304 g/mol. The molecular weight excluding hydrogens is 287 g/mol. The van der Waals surface area contributed by atoms with Crippen LogP contribution < -0.4 is 0 Å². The van der Waals surface area contributed by atoms with Gasteiger partial charge in [-0.25, -0.2) is 9.37 Å². The van der Waals surface area contributed by atoms with Crippen LogP contribution in [-0.2, 0) is 6.42 Å². The van der Waals surface area contributed by atoms with Crippen LogP contribution in [0.3, 0.4) is 0 Å². The zero-order valence-electron chi connectivity index (χ0n) is 12.3. The van der Waals surface area contributed by atoms with Gasteiger partial charge in [-0.15, -0.1) is 11.3 Å². The molecule has 3 rings (SSSR count). The Morgan fingerprint density at radius 1 is 1.29 bits per heavy atom. The molecule has 2 aromatic heterocycles. The molecule has 0 aliphatic heterocycles. The number of rotatable bonds is 2. The van der Waals surface area contributed by atoms with Crippen LogP contribution in [0.4, 0.5) is 4.39 Å². The molecule has 5 heteroatoms. The second kappa shape index (κ2) is 6.63. The highest BCUT2D eigenvalue weighted by Gasteiger charge is 2.10. The molecule has 110 valence electrons. The quantitative estimate of drug-likeness (QED) is 0.701. The van der Waals surface area contributed by atoms with Gasteiger partial charge >= 0.3 is 0 Å². The van der Waals surface area contributed by atoms with Crippen molar-refractivity contribution in [3.05, 3.63) is 52.5 Å². The predicted octanol–water partition coefficient (Wildman–Crippen LogP) is 4.45. The van der Waals surface area contributed by atoms with Crippen molar-refractivity contribution in [1.82, 2.24) is 9.55 Å². The SMILES string of the molecule is CC.Cc1nc(CC(=O)n2cc3ccc(F)cc3c2)cs1. The number of carbonyl (C=O) groups is 1. The highest BCUT2D eigenvalue weighted by molar-refractivity contribution is 7.09. The number of halogens is 1. The third kappa shape index (κ3) is 3.55. The number of fused-ring (bicyclic) bond motifs is 1. The number of benzene rings is 1. The van der Waals surface area contributed by atoms with E-state index in [2.05, 4.69) is 4.98 Å². The zero-order chi connectivity index (χ0) is 15.4. The van der Waals surface area contributed by atoms with Gasteiger partial charge in [0.25, 0.3) is 0 Å². The molecule has 0 spiro atoms. The molecule has 21 heavy (non-hydrogen) atoms. The largest absolute Gasteiger partial charge is 0.293 e. The molecule has 3 nitrogen and oxygen atoms in total. The normalized spacial score (nSPS) is 10.3. The molecule has 3 aromatic rings. The van der Waals surface area contributed by atoms with Crippen LogP contribution in [0.1, 0.15) is 29.3 Å². The Balaban J connectivity index is 0.000000774. The maximum absolute atomic E-state index is 13.1. The lowest BCUT2D eigenvalue weighted by atomic mass is 10.2. The van der Waals surface area contributed by atoms with Crippen molar-refractivity contribution in [2.75, 3.05) is 0 Å². The molecular formula is C16H17FN2OS. The minimum Gasteiger partial charge on any atom is -0.293 e. The number of aromatic nitrogens is 2. The van der Waals surface area contributed by atoms with E-state index in [0.29, 0.717) is 0 Å². The Morgan fingerprint density at radius 2 is 2.00 bits per heavy atom. The molecule has 0 radical (unpaired) electrons. The fourth-order valence-corrected chi connectivity index (χ4v) is 2.60. The summed E-state index contributed by atoms with van der Waals surface area (Å²) in [6, 6.07) is 4.48. The molecule has 0 aliphatic rings. The number of aryl methyl sites for hydroxylation is 1. The summed E-state index contributed by atoms with van der Waals surface area (Å²) in [5.74, 6) is -0.366. The van der Waals surface area contributed by atoms with Gasteiger partial charge in [0.1, 0.15) is 5.82 Å². The molecule has 0 aliphatic carbocycles. The standard InChI is InChI=1S/C14H11FN2OS.C2H6/c1-9-16-13(8-19-9)5-14(18)17-6-10-2-3-12(15)4-11(10)7-17;1-2/h2-4,6-8H,5H2,1H3;1-2H3.